The average Bonchev–Trinajstić information content (AvgIpc) is 4.16. The number of pyridine rings is 1. The second kappa shape index (κ2) is 13.8. The van der Waals surface area contributed by atoms with E-state index < -0.39 is 43.8 Å². The van der Waals surface area contributed by atoms with Crippen LogP contribution in [0.1, 0.15) is 109 Å². The Balaban J connectivity index is 0.000000132. The number of hydrogen-bond donors (Lipinski definition) is 0. The molecule has 12 aliphatic rings. The normalized spacial score (nSPS) is 40.6. The third-order valence-corrected chi connectivity index (χ3v) is 19.5. The monoisotopic (exact) mass is 927 g/mol. The Bertz CT molecular complexity index is 2760. The van der Waals surface area contributed by atoms with Crippen molar-refractivity contribution in [2.45, 2.75) is 143 Å². The molecule has 14 rings (SSSR count). The number of rotatable bonds is 3. The molecule has 6 spiro atoms. The molecular formula is C52H56F3NO9S. The highest BCUT2D eigenvalue weighted by molar-refractivity contribution is 7.87. The van der Waals surface area contributed by atoms with Gasteiger partial charge in [-0.25, -0.2) is 0 Å². The first-order chi connectivity index (χ1) is 31.5. The maximum atomic E-state index is 13.0. The SMILES string of the molecule is C[C@]12CC=C3C=C4CCC5(C[C@]46CCC3(O6)[C@@H]1CC=C2OS(=O)(=O)C(F)(F)F)OCCO5.C[C@]12CC=C3C=C4CCC5(C[C@]46CCC3(O6)[C@@H]1CC=C2c1ccc2ccncc2c1)OCCO5. The van der Waals surface area contributed by atoms with Crippen LogP contribution in [0.3, 0.4) is 0 Å². The fourth-order valence-corrected chi connectivity index (χ4v) is 16.0. The summed E-state index contributed by atoms with van der Waals surface area (Å²) in [7, 11) is -5.73. The summed E-state index contributed by atoms with van der Waals surface area (Å²) in [5.74, 6) is -0.953. The molecule has 350 valence electrons. The minimum atomic E-state index is -5.73. The Morgan fingerprint density at radius 2 is 1.24 bits per heavy atom. The van der Waals surface area contributed by atoms with Crippen LogP contribution in [-0.2, 0) is 42.7 Å². The number of nitrogens with zero attached hydrogens (tertiary/aromatic N) is 1. The quantitative estimate of drug-likeness (QED) is 0.218. The van der Waals surface area contributed by atoms with Crippen LogP contribution < -0.4 is 0 Å². The number of allylic oxidation sites excluding steroid dienone is 6. The Morgan fingerprint density at radius 1 is 0.682 bits per heavy atom. The lowest BCUT2D eigenvalue weighted by Gasteiger charge is -2.54. The molecule has 6 aliphatic carbocycles. The van der Waals surface area contributed by atoms with E-state index in [9.17, 15) is 21.6 Å². The molecule has 2 saturated carbocycles. The molecule has 0 radical (unpaired) electrons. The van der Waals surface area contributed by atoms with Gasteiger partial charge in [0.1, 0.15) is 5.76 Å². The summed E-state index contributed by atoms with van der Waals surface area (Å²) >= 11 is 0. The summed E-state index contributed by atoms with van der Waals surface area (Å²) in [4.78, 5) is 4.36. The summed E-state index contributed by atoms with van der Waals surface area (Å²) in [6.45, 7) is 6.80. The number of alkyl halides is 3. The molecule has 0 amide bonds. The van der Waals surface area contributed by atoms with Gasteiger partial charge < -0.3 is 32.6 Å². The van der Waals surface area contributed by atoms with Gasteiger partial charge >= 0.3 is 15.6 Å². The van der Waals surface area contributed by atoms with Crippen molar-refractivity contribution in [2.75, 3.05) is 26.4 Å². The van der Waals surface area contributed by atoms with Crippen molar-refractivity contribution in [2.24, 2.45) is 22.7 Å². The predicted octanol–water partition coefficient (Wildman–Crippen LogP) is 10.4. The number of aromatic nitrogens is 1. The molecule has 1 aromatic carbocycles. The number of halogens is 3. The Kier molecular flexibility index (Phi) is 8.87. The largest absolute Gasteiger partial charge is 0.534 e. The van der Waals surface area contributed by atoms with Gasteiger partial charge in [-0.3, -0.25) is 4.98 Å². The van der Waals surface area contributed by atoms with Gasteiger partial charge in [0.25, 0.3) is 0 Å². The molecule has 6 fully saturated rings. The first-order valence-corrected chi connectivity index (χ1v) is 25.4. The van der Waals surface area contributed by atoms with Gasteiger partial charge in [-0.15, -0.1) is 0 Å². The van der Waals surface area contributed by atoms with Gasteiger partial charge in [-0.1, -0.05) is 56.4 Å². The zero-order valence-corrected chi connectivity index (χ0v) is 38.3. The summed E-state index contributed by atoms with van der Waals surface area (Å²) in [6.07, 6.45) is 28.7. The van der Waals surface area contributed by atoms with Crippen LogP contribution in [0, 0.1) is 22.7 Å². The molecule has 66 heavy (non-hydrogen) atoms. The van der Waals surface area contributed by atoms with Crippen molar-refractivity contribution in [1.29, 1.82) is 0 Å². The van der Waals surface area contributed by atoms with Crippen molar-refractivity contribution in [1.82, 2.24) is 4.98 Å². The Morgan fingerprint density at radius 3 is 1.83 bits per heavy atom. The Hall–Kier alpha value is -3.63. The third kappa shape index (κ3) is 5.75. The van der Waals surface area contributed by atoms with E-state index in [1.165, 1.54) is 44.7 Å². The minimum absolute atomic E-state index is 0.0724. The number of benzene rings is 1. The molecule has 6 aliphatic heterocycles. The maximum Gasteiger partial charge on any atom is 0.534 e. The Labute approximate surface area is 383 Å². The van der Waals surface area contributed by atoms with Crippen LogP contribution in [0.2, 0.25) is 0 Å². The summed E-state index contributed by atoms with van der Waals surface area (Å²) in [6, 6.07) is 8.96. The lowest BCUT2D eigenvalue weighted by molar-refractivity contribution is -0.226. The maximum absolute atomic E-state index is 13.0. The van der Waals surface area contributed by atoms with E-state index in [1.54, 1.807) is 6.92 Å². The highest BCUT2D eigenvalue weighted by Gasteiger charge is 2.70. The highest BCUT2D eigenvalue weighted by atomic mass is 32.2. The van der Waals surface area contributed by atoms with Gasteiger partial charge in [-0.05, 0) is 121 Å². The second-order valence-corrected chi connectivity index (χ2v) is 23.2. The van der Waals surface area contributed by atoms with Crippen LogP contribution in [0.25, 0.3) is 16.3 Å². The van der Waals surface area contributed by atoms with Crippen molar-refractivity contribution in [3.63, 3.8) is 0 Å². The molecule has 2 unspecified atom stereocenters. The first kappa shape index (κ1) is 42.5. The molecule has 14 heteroatoms. The highest BCUT2D eigenvalue weighted by Crippen LogP contribution is 2.70. The lowest BCUT2D eigenvalue weighted by Crippen LogP contribution is -2.56. The van der Waals surface area contributed by atoms with Crippen LogP contribution in [0.5, 0.6) is 0 Å². The van der Waals surface area contributed by atoms with E-state index in [2.05, 4.69) is 64.7 Å². The molecule has 7 heterocycles. The third-order valence-electron chi connectivity index (χ3n) is 18.5. The van der Waals surface area contributed by atoms with E-state index in [-0.39, 0.29) is 28.3 Å². The van der Waals surface area contributed by atoms with Crippen LogP contribution in [-0.4, -0.2) is 79.3 Å². The zero-order chi connectivity index (χ0) is 45.2. The van der Waals surface area contributed by atoms with Crippen LogP contribution in [0.4, 0.5) is 13.2 Å². The van der Waals surface area contributed by atoms with Gasteiger partial charge in [-0.2, -0.15) is 21.6 Å². The lowest BCUT2D eigenvalue weighted by atomic mass is 9.58. The summed E-state index contributed by atoms with van der Waals surface area (Å²) in [5.41, 5.74) is 0.133. The van der Waals surface area contributed by atoms with E-state index in [4.69, 9.17) is 28.4 Å². The molecule has 8 atom stereocenters. The summed E-state index contributed by atoms with van der Waals surface area (Å²) < 4.78 is 106. The van der Waals surface area contributed by atoms with Crippen LogP contribution in [0.15, 0.2) is 101 Å². The molecule has 10 nitrogen and oxygen atoms in total. The average molecular weight is 928 g/mol. The van der Waals surface area contributed by atoms with E-state index in [1.807, 2.05) is 18.5 Å². The molecule has 0 N–H and O–H groups in total. The van der Waals surface area contributed by atoms with Crippen molar-refractivity contribution < 1.29 is 54.2 Å². The van der Waals surface area contributed by atoms with Crippen molar-refractivity contribution in [3.05, 3.63) is 107 Å². The molecule has 1 aromatic heterocycles. The van der Waals surface area contributed by atoms with Crippen molar-refractivity contribution in [3.8, 4) is 0 Å². The predicted molar refractivity (Wildman–Crippen MR) is 236 cm³/mol. The van der Waals surface area contributed by atoms with Crippen LogP contribution >= 0.6 is 0 Å². The van der Waals surface area contributed by atoms with E-state index in [0.29, 0.717) is 58.0 Å². The van der Waals surface area contributed by atoms with E-state index >= 15 is 0 Å². The molecule has 4 bridgehead atoms. The van der Waals surface area contributed by atoms with Gasteiger partial charge in [0, 0.05) is 66.1 Å². The number of fused-ring (bicyclic) bond motifs is 3. The summed E-state index contributed by atoms with van der Waals surface area (Å²) in [5, 5.41) is 2.46. The van der Waals surface area contributed by atoms with E-state index in [0.717, 1.165) is 69.8 Å². The van der Waals surface area contributed by atoms with Gasteiger partial charge in [0.05, 0.1) is 48.8 Å². The fraction of sp³-hybridized carbons (Fsp3) is 0.596. The standard InChI is InChI=1S/C30H31NO3.C22H25F3O6S/c1-27-9-6-24-17-23-7-10-29(32-14-15-33-29)19-28(23)11-12-30(24,34-28)26(27)5-4-25(27)21-3-2-20-8-13-31-18-22(20)16-21;1-18-6-4-15-12-14-5-7-20(28-10-11-29-20)13-19(14)8-9-21(15,31-19)16(18)2-3-17(18)30-32(26,27)22(23,24)25/h2-4,6,8,13,16-18,26H,5,7,9-12,14-15,19H2,1H3;3-4,12,16H,2,5-11,13H2,1H3/t26-,27-,28-,30?;16-,18+,19-,21?/m11/s1. The zero-order valence-electron chi connectivity index (χ0n) is 37.5. The van der Waals surface area contributed by atoms with Gasteiger partial charge in [0.15, 0.2) is 11.6 Å². The fourth-order valence-electron chi connectivity index (χ4n) is 15.4. The smallest absolute Gasteiger partial charge is 0.380 e. The molecule has 4 saturated heterocycles. The number of ether oxygens (including phenoxy) is 6. The molecular weight excluding hydrogens is 872 g/mol. The first-order valence-electron chi connectivity index (χ1n) is 24.0. The van der Waals surface area contributed by atoms with Crippen molar-refractivity contribution >= 4 is 26.5 Å². The minimum Gasteiger partial charge on any atom is -0.380 e. The van der Waals surface area contributed by atoms with Gasteiger partial charge in [0.2, 0.25) is 0 Å². The molecule has 2 aromatic rings. The topological polar surface area (TPSA) is 112 Å². The number of hydrogen-bond acceptors (Lipinski definition) is 10. The second-order valence-electron chi connectivity index (χ2n) is 21.6.